The second-order valence-corrected chi connectivity index (χ2v) is 13.8. The van der Waals surface area contributed by atoms with Gasteiger partial charge < -0.3 is 28.3 Å². The molecule has 0 aromatic heterocycles. The molecule has 0 amide bonds. The maximum atomic E-state index is 5.67. The molecule has 0 aliphatic carbocycles. The van der Waals surface area contributed by atoms with Gasteiger partial charge >= 0.3 is 15.3 Å². The molecule has 9 nitrogen and oxygen atoms in total. The van der Waals surface area contributed by atoms with Gasteiger partial charge in [0.1, 0.15) is 0 Å². The van der Waals surface area contributed by atoms with Gasteiger partial charge in [0, 0.05) is 39.8 Å². The van der Waals surface area contributed by atoms with E-state index in [1.807, 2.05) is 62.4 Å². The van der Waals surface area contributed by atoms with Crippen molar-refractivity contribution < 1.29 is 18.1 Å². The van der Waals surface area contributed by atoms with Crippen LogP contribution in [0, 0.1) is 13.8 Å². The molecular formula is C18H28N5O4P3. The Morgan fingerprint density at radius 2 is 0.933 bits per heavy atom. The van der Waals surface area contributed by atoms with E-state index in [9.17, 15) is 0 Å². The van der Waals surface area contributed by atoms with Crippen LogP contribution in [0.15, 0.2) is 62.1 Å². The van der Waals surface area contributed by atoms with Crippen molar-refractivity contribution in [3.05, 3.63) is 59.7 Å². The van der Waals surface area contributed by atoms with E-state index in [-0.39, 0.29) is 0 Å². The lowest BCUT2D eigenvalue weighted by molar-refractivity contribution is 0.314. The summed E-state index contributed by atoms with van der Waals surface area (Å²) in [4.78, 5) is 0. The molecule has 164 valence electrons. The molecule has 0 radical (unpaired) electrons. The lowest BCUT2D eigenvalue weighted by atomic mass is 10.2. The van der Waals surface area contributed by atoms with Crippen LogP contribution in [0.2, 0.25) is 0 Å². The summed E-state index contributed by atoms with van der Waals surface area (Å²) in [6, 6.07) is 16.0. The summed E-state index contributed by atoms with van der Waals surface area (Å²) in [5, 5.41) is 6.95. The van der Waals surface area contributed by atoms with E-state index in [1.165, 1.54) is 28.4 Å². The molecule has 0 fully saturated rings. The summed E-state index contributed by atoms with van der Waals surface area (Å²) in [6.07, 6.45) is 0. The molecule has 1 heterocycles. The quantitative estimate of drug-likeness (QED) is 0.393. The first-order valence-corrected chi connectivity index (χ1v) is 13.9. The summed E-state index contributed by atoms with van der Waals surface area (Å²) in [5.74, 6) is 0. The summed E-state index contributed by atoms with van der Waals surface area (Å²) < 4.78 is 37.0. The van der Waals surface area contributed by atoms with Gasteiger partial charge in [-0.2, -0.15) is 9.03 Å². The van der Waals surface area contributed by atoms with Crippen LogP contribution >= 0.6 is 22.8 Å². The van der Waals surface area contributed by atoms with E-state index in [4.69, 9.17) is 27.1 Å². The number of anilines is 2. The Balaban J connectivity index is 2.24. The molecule has 1 aliphatic heterocycles. The highest BCUT2D eigenvalue weighted by Gasteiger charge is 2.39. The van der Waals surface area contributed by atoms with Crippen molar-refractivity contribution in [1.29, 1.82) is 0 Å². The number of hydrogen-bond acceptors (Lipinski definition) is 9. The van der Waals surface area contributed by atoms with Gasteiger partial charge in [-0.15, -0.1) is 4.52 Å². The van der Waals surface area contributed by atoms with E-state index in [0.717, 1.165) is 22.5 Å². The van der Waals surface area contributed by atoms with Gasteiger partial charge in [0.15, 0.2) is 0 Å². The molecule has 0 saturated carbocycles. The largest absolute Gasteiger partial charge is 0.347 e. The first-order chi connectivity index (χ1) is 14.3. The van der Waals surface area contributed by atoms with Crippen molar-refractivity contribution in [1.82, 2.24) is 0 Å². The van der Waals surface area contributed by atoms with Gasteiger partial charge in [-0.3, -0.25) is 0 Å². The zero-order chi connectivity index (χ0) is 21.8. The molecule has 3 rings (SSSR count). The molecule has 0 unspecified atom stereocenters. The van der Waals surface area contributed by atoms with Crippen molar-refractivity contribution in [3.63, 3.8) is 0 Å². The van der Waals surface area contributed by atoms with Gasteiger partial charge in [0.05, 0.1) is 0 Å². The average Bonchev–Trinajstić information content (AvgIpc) is 2.76. The van der Waals surface area contributed by atoms with Gasteiger partial charge in [-0.25, -0.2) is 0 Å². The van der Waals surface area contributed by atoms with Gasteiger partial charge in [0.2, 0.25) is 0 Å². The van der Waals surface area contributed by atoms with Crippen LogP contribution in [-0.4, -0.2) is 28.4 Å². The summed E-state index contributed by atoms with van der Waals surface area (Å²) in [6.45, 7) is 4.07. The van der Waals surface area contributed by atoms with Gasteiger partial charge in [-0.1, -0.05) is 35.4 Å². The molecule has 2 aromatic rings. The monoisotopic (exact) mass is 471 g/mol. The molecule has 0 saturated heterocycles. The molecule has 0 bridgehead atoms. The molecule has 0 spiro atoms. The Hall–Kier alpha value is -1.43. The maximum Gasteiger partial charge on any atom is 0.347 e. The molecule has 2 N–H and O–H groups in total. The van der Waals surface area contributed by atoms with Gasteiger partial charge in [0.25, 0.3) is 7.51 Å². The van der Waals surface area contributed by atoms with Crippen LogP contribution in [0.3, 0.4) is 0 Å². The zero-order valence-corrected chi connectivity index (χ0v) is 20.6. The van der Waals surface area contributed by atoms with Crippen molar-refractivity contribution in [2.75, 3.05) is 38.6 Å². The normalized spacial score (nSPS) is 18.5. The fourth-order valence-corrected chi connectivity index (χ4v) is 12.3. The lowest BCUT2D eigenvalue weighted by Crippen LogP contribution is -2.08. The Morgan fingerprint density at radius 3 is 1.30 bits per heavy atom. The average molecular weight is 471 g/mol. The SMILES string of the molecule is COP1(OC)=NP(Nc2ccc(C)cc2)(Nc2ccc(C)cc2)=NP(OC)(OC)=N1. The minimum atomic E-state index is -3.04. The topological polar surface area (TPSA) is 98.1 Å². The van der Waals surface area contributed by atoms with Crippen molar-refractivity contribution in [3.8, 4) is 0 Å². The zero-order valence-electron chi connectivity index (χ0n) is 17.9. The number of aryl methyl sites for hydroxylation is 2. The van der Waals surface area contributed by atoms with E-state index in [1.54, 1.807) is 0 Å². The van der Waals surface area contributed by atoms with Crippen LogP contribution in [-0.2, 0) is 18.1 Å². The smallest absolute Gasteiger partial charge is 0.318 e. The Morgan fingerprint density at radius 1 is 0.567 bits per heavy atom. The number of hydrogen-bond donors (Lipinski definition) is 2. The standard InChI is InChI=1S/C18H28N5O4P3/c1-15-7-11-17(12-8-15)19-28(20-18-13-9-16(2)10-14-18)21-29(24-3,25-4)23-30(22-28,26-5)27-6/h7-14,19-20H,1-6H3. The fourth-order valence-electron chi connectivity index (χ4n) is 2.70. The van der Waals surface area contributed by atoms with E-state index < -0.39 is 22.8 Å². The molecule has 12 heteroatoms. The molecular weight excluding hydrogens is 443 g/mol. The highest BCUT2D eigenvalue weighted by atomic mass is 31.3. The van der Waals surface area contributed by atoms with Crippen molar-refractivity contribution in [2.24, 2.45) is 13.5 Å². The predicted molar refractivity (Wildman–Crippen MR) is 126 cm³/mol. The van der Waals surface area contributed by atoms with Crippen LogP contribution in [0.1, 0.15) is 11.1 Å². The maximum absolute atomic E-state index is 5.67. The Kier molecular flexibility index (Phi) is 7.26. The molecule has 30 heavy (non-hydrogen) atoms. The lowest BCUT2D eigenvalue weighted by Gasteiger charge is -2.33. The van der Waals surface area contributed by atoms with Crippen molar-refractivity contribution in [2.45, 2.75) is 13.8 Å². The highest BCUT2D eigenvalue weighted by Crippen LogP contribution is 2.78. The van der Waals surface area contributed by atoms with E-state index in [2.05, 4.69) is 14.7 Å². The van der Waals surface area contributed by atoms with Crippen LogP contribution in [0.5, 0.6) is 0 Å². The summed E-state index contributed by atoms with van der Waals surface area (Å²) in [5.41, 5.74) is 3.99. The minimum Gasteiger partial charge on any atom is -0.318 e. The summed E-state index contributed by atoms with van der Waals surface area (Å²) >= 11 is 0. The third-order valence-corrected chi connectivity index (χ3v) is 13.1. The van der Waals surface area contributed by atoms with Crippen LogP contribution in [0.25, 0.3) is 0 Å². The molecule has 1 aliphatic rings. The van der Waals surface area contributed by atoms with Crippen LogP contribution in [0.4, 0.5) is 11.4 Å². The fraction of sp³-hybridized carbons (Fsp3) is 0.333. The Labute approximate surface area is 178 Å². The Bertz CT molecular complexity index is 975. The predicted octanol–water partition coefficient (Wildman–Crippen LogP) is 7.27. The van der Waals surface area contributed by atoms with Gasteiger partial charge in [-0.05, 0) is 38.1 Å². The second kappa shape index (κ2) is 9.37. The molecule has 0 atom stereocenters. The summed E-state index contributed by atoms with van der Waals surface area (Å²) in [7, 11) is -2.94. The van der Waals surface area contributed by atoms with Crippen molar-refractivity contribution >= 4 is 34.2 Å². The number of benzene rings is 2. The second-order valence-electron chi connectivity index (χ2n) is 6.54. The van der Waals surface area contributed by atoms with E-state index in [0.29, 0.717) is 0 Å². The minimum absolute atomic E-state index is 0.846. The number of rotatable bonds is 8. The first kappa shape index (κ1) is 23.2. The third kappa shape index (κ3) is 5.06. The number of nitrogens with zero attached hydrogens (tertiary/aromatic N) is 3. The third-order valence-electron chi connectivity index (χ3n) is 4.34. The number of nitrogens with one attached hydrogen (secondary N) is 2. The molecule has 2 aromatic carbocycles. The first-order valence-electron chi connectivity index (χ1n) is 9.15. The van der Waals surface area contributed by atoms with E-state index >= 15 is 0 Å². The highest BCUT2D eigenvalue weighted by molar-refractivity contribution is 7.83. The van der Waals surface area contributed by atoms with Crippen LogP contribution < -0.4 is 10.2 Å².